The van der Waals surface area contributed by atoms with Gasteiger partial charge in [-0.05, 0) is 47.1 Å². The van der Waals surface area contributed by atoms with E-state index in [1.54, 1.807) is 23.0 Å². The van der Waals surface area contributed by atoms with E-state index >= 15 is 0 Å². The number of hydrogen-bond donors (Lipinski definition) is 1. The Bertz CT molecular complexity index is 1460. The number of hydrogen-bond acceptors (Lipinski definition) is 5. The molecule has 10 heteroatoms. The molecule has 8 nitrogen and oxygen atoms in total. The molecule has 1 aromatic carbocycles. The van der Waals surface area contributed by atoms with Crippen molar-refractivity contribution in [3.05, 3.63) is 69.6 Å². The summed E-state index contributed by atoms with van der Waals surface area (Å²) in [6.07, 6.45) is 5.28. The summed E-state index contributed by atoms with van der Waals surface area (Å²) in [5, 5.41) is 12.9. The molecule has 0 aliphatic heterocycles. The fraction of sp³-hybridized carbons (Fsp3) is 0.0952. The SMILES string of the molecule is CCn1cc(Br)c(-c2ccnc3cc(C(=O)Nc4ccc(Br)c5cccnc45)nn23)n1. The van der Waals surface area contributed by atoms with E-state index < -0.39 is 0 Å². The van der Waals surface area contributed by atoms with Crippen molar-refractivity contribution < 1.29 is 4.79 Å². The third-order valence-corrected chi connectivity index (χ3v) is 6.11. The largest absolute Gasteiger partial charge is 0.319 e. The normalized spacial score (nSPS) is 11.3. The highest BCUT2D eigenvalue weighted by Crippen LogP contribution is 2.29. The van der Waals surface area contributed by atoms with Gasteiger partial charge < -0.3 is 5.32 Å². The van der Waals surface area contributed by atoms with E-state index in [2.05, 4.69) is 57.3 Å². The number of anilines is 1. The zero-order chi connectivity index (χ0) is 21.5. The first-order chi connectivity index (χ1) is 15.0. The van der Waals surface area contributed by atoms with Crippen LogP contribution in [0.5, 0.6) is 0 Å². The second-order valence-electron chi connectivity index (χ2n) is 6.76. The maximum Gasteiger partial charge on any atom is 0.276 e. The van der Waals surface area contributed by atoms with Crippen molar-refractivity contribution in [3.8, 4) is 11.4 Å². The molecule has 0 aliphatic carbocycles. The number of aryl methyl sites for hydroxylation is 1. The van der Waals surface area contributed by atoms with Gasteiger partial charge in [0.25, 0.3) is 5.91 Å². The van der Waals surface area contributed by atoms with Crippen LogP contribution < -0.4 is 5.32 Å². The number of fused-ring (bicyclic) bond motifs is 2. The molecule has 31 heavy (non-hydrogen) atoms. The van der Waals surface area contributed by atoms with E-state index in [1.807, 2.05) is 48.1 Å². The number of carbonyl (C=O) groups excluding carboxylic acids is 1. The van der Waals surface area contributed by atoms with Crippen LogP contribution in [-0.2, 0) is 6.54 Å². The van der Waals surface area contributed by atoms with Crippen molar-refractivity contribution in [2.75, 3.05) is 5.32 Å². The summed E-state index contributed by atoms with van der Waals surface area (Å²) in [4.78, 5) is 21.7. The summed E-state index contributed by atoms with van der Waals surface area (Å²) in [7, 11) is 0. The smallest absolute Gasteiger partial charge is 0.276 e. The summed E-state index contributed by atoms with van der Waals surface area (Å²) >= 11 is 7.07. The van der Waals surface area contributed by atoms with Gasteiger partial charge in [0.2, 0.25) is 0 Å². The van der Waals surface area contributed by atoms with E-state index in [1.165, 1.54) is 0 Å². The van der Waals surface area contributed by atoms with Crippen molar-refractivity contribution in [3.63, 3.8) is 0 Å². The standard InChI is InChI=1S/C21H15Br2N7O/c1-2-29-11-14(23)20(28-29)17-7-9-24-18-10-16(27-30(17)18)21(31)26-15-6-5-13(22)12-4-3-8-25-19(12)15/h3-11H,2H2,1H3,(H,26,31). The Labute approximate surface area is 193 Å². The molecule has 0 radical (unpaired) electrons. The Morgan fingerprint density at radius 2 is 1.94 bits per heavy atom. The Morgan fingerprint density at radius 3 is 2.74 bits per heavy atom. The molecule has 0 bridgehead atoms. The van der Waals surface area contributed by atoms with Gasteiger partial charge in [0.15, 0.2) is 11.3 Å². The van der Waals surface area contributed by atoms with Crippen LogP contribution in [0.15, 0.2) is 63.9 Å². The summed E-state index contributed by atoms with van der Waals surface area (Å²) in [5.41, 5.74) is 3.57. The predicted molar refractivity (Wildman–Crippen MR) is 125 cm³/mol. The molecule has 1 amide bonds. The van der Waals surface area contributed by atoms with Gasteiger partial charge in [-0.15, -0.1) is 0 Å². The maximum atomic E-state index is 13.0. The van der Waals surface area contributed by atoms with Crippen LogP contribution >= 0.6 is 31.9 Å². The zero-order valence-electron chi connectivity index (χ0n) is 16.3. The number of pyridine rings is 1. The van der Waals surface area contributed by atoms with Crippen LogP contribution in [0, 0.1) is 0 Å². The number of amides is 1. The first kappa shape index (κ1) is 19.8. The fourth-order valence-electron chi connectivity index (χ4n) is 3.34. The van der Waals surface area contributed by atoms with Crippen LogP contribution in [-0.4, -0.2) is 35.3 Å². The van der Waals surface area contributed by atoms with Crippen LogP contribution in [0.25, 0.3) is 27.9 Å². The first-order valence-electron chi connectivity index (χ1n) is 9.48. The van der Waals surface area contributed by atoms with Crippen molar-refractivity contribution >= 4 is 60.0 Å². The van der Waals surface area contributed by atoms with Gasteiger partial charge in [0.1, 0.15) is 5.69 Å². The molecule has 154 valence electrons. The third kappa shape index (κ3) is 3.51. The minimum atomic E-state index is -0.344. The monoisotopic (exact) mass is 539 g/mol. The van der Waals surface area contributed by atoms with E-state index in [0.29, 0.717) is 16.9 Å². The number of aromatic nitrogens is 6. The van der Waals surface area contributed by atoms with Gasteiger partial charge in [-0.1, -0.05) is 22.0 Å². The molecule has 1 N–H and O–H groups in total. The molecular formula is C21H15Br2N7O. The van der Waals surface area contributed by atoms with E-state index in [4.69, 9.17) is 0 Å². The molecule has 4 aromatic heterocycles. The molecular weight excluding hydrogens is 526 g/mol. The maximum absolute atomic E-state index is 13.0. The highest BCUT2D eigenvalue weighted by molar-refractivity contribution is 9.11. The average Bonchev–Trinajstić information content (AvgIpc) is 3.39. The van der Waals surface area contributed by atoms with Crippen LogP contribution in [0.1, 0.15) is 17.4 Å². The topological polar surface area (TPSA) is 90.0 Å². The van der Waals surface area contributed by atoms with Crippen molar-refractivity contribution in [2.45, 2.75) is 13.5 Å². The molecule has 0 saturated heterocycles. The molecule has 0 aliphatic rings. The van der Waals surface area contributed by atoms with E-state index in [-0.39, 0.29) is 11.6 Å². The van der Waals surface area contributed by atoms with Gasteiger partial charge in [0, 0.05) is 41.1 Å². The van der Waals surface area contributed by atoms with Crippen molar-refractivity contribution in [1.82, 2.24) is 29.4 Å². The van der Waals surface area contributed by atoms with Gasteiger partial charge in [-0.25, -0.2) is 9.50 Å². The van der Waals surface area contributed by atoms with Crippen LogP contribution in [0.2, 0.25) is 0 Å². The average molecular weight is 541 g/mol. The predicted octanol–water partition coefficient (Wildman–Crippen LogP) is 4.94. The van der Waals surface area contributed by atoms with Crippen LogP contribution in [0.3, 0.4) is 0 Å². The first-order valence-corrected chi connectivity index (χ1v) is 11.1. The summed E-state index contributed by atoms with van der Waals surface area (Å²) in [5.74, 6) is -0.344. The lowest BCUT2D eigenvalue weighted by molar-refractivity contribution is 0.102. The highest BCUT2D eigenvalue weighted by atomic mass is 79.9. The van der Waals surface area contributed by atoms with Gasteiger partial charge in [-0.3, -0.25) is 14.5 Å². The second kappa shape index (κ2) is 7.86. The summed E-state index contributed by atoms with van der Waals surface area (Å²) in [6.45, 7) is 2.76. The molecule has 0 spiro atoms. The van der Waals surface area contributed by atoms with Crippen LogP contribution in [0.4, 0.5) is 5.69 Å². The Balaban J connectivity index is 1.54. The molecule has 4 heterocycles. The minimum Gasteiger partial charge on any atom is -0.319 e. The number of nitrogens with one attached hydrogen (secondary N) is 1. The molecule has 0 unspecified atom stereocenters. The second-order valence-corrected chi connectivity index (χ2v) is 8.47. The van der Waals surface area contributed by atoms with E-state index in [9.17, 15) is 4.79 Å². The lowest BCUT2D eigenvalue weighted by atomic mass is 10.2. The van der Waals surface area contributed by atoms with Gasteiger partial charge in [-0.2, -0.15) is 10.2 Å². The lowest BCUT2D eigenvalue weighted by Gasteiger charge is -2.08. The number of rotatable bonds is 4. The Morgan fingerprint density at radius 1 is 1.06 bits per heavy atom. The Kier molecular flexibility index (Phi) is 5.03. The Hall–Kier alpha value is -3.11. The van der Waals surface area contributed by atoms with Crippen molar-refractivity contribution in [1.29, 1.82) is 0 Å². The number of nitrogens with zero attached hydrogens (tertiary/aromatic N) is 6. The molecule has 0 atom stereocenters. The number of benzene rings is 1. The fourth-order valence-corrected chi connectivity index (χ4v) is 4.31. The number of carbonyl (C=O) groups is 1. The van der Waals surface area contributed by atoms with Gasteiger partial charge in [0.05, 0.1) is 21.4 Å². The molecule has 0 saturated carbocycles. The third-order valence-electron chi connectivity index (χ3n) is 4.84. The summed E-state index contributed by atoms with van der Waals surface area (Å²) in [6, 6.07) is 11.0. The highest BCUT2D eigenvalue weighted by Gasteiger charge is 2.18. The quantitative estimate of drug-likeness (QED) is 0.349. The van der Waals surface area contributed by atoms with Crippen molar-refractivity contribution in [2.24, 2.45) is 0 Å². The zero-order valence-corrected chi connectivity index (χ0v) is 19.4. The minimum absolute atomic E-state index is 0.248. The summed E-state index contributed by atoms with van der Waals surface area (Å²) < 4.78 is 5.21. The molecule has 0 fully saturated rings. The van der Waals surface area contributed by atoms with E-state index in [0.717, 1.165) is 32.3 Å². The lowest BCUT2D eigenvalue weighted by Crippen LogP contribution is -2.13. The molecule has 5 rings (SSSR count). The molecule has 5 aromatic rings. The van der Waals surface area contributed by atoms with Gasteiger partial charge >= 0.3 is 0 Å². The number of halogens is 2.